The average molecular weight is 343 g/mol. The third-order valence-electron chi connectivity index (χ3n) is 3.78. The van der Waals surface area contributed by atoms with Crippen LogP contribution in [0.2, 0.25) is 5.02 Å². The van der Waals surface area contributed by atoms with E-state index in [0.29, 0.717) is 36.9 Å². The number of ether oxygens (including phenoxy) is 1. The Morgan fingerprint density at radius 3 is 2.43 bits per heavy atom. The molecule has 0 amide bonds. The molecule has 23 heavy (non-hydrogen) atoms. The van der Waals surface area contributed by atoms with Crippen LogP contribution >= 0.6 is 11.6 Å². The molecule has 0 aromatic heterocycles. The van der Waals surface area contributed by atoms with Crippen LogP contribution < -0.4 is 5.32 Å². The van der Waals surface area contributed by atoms with Gasteiger partial charge in [-0.3, -0.25) is 4.90 Å². The van der Waals surface area contributed by atoms with Crippen molar-refractivity contribution in [2.45, 2.75) is 52.5 Å². The van der Waals surface area contributed by atoms with E-state index in [1.165, 1.54) is 0 Å². The molecule has 1 aromatic rings. The Morgan fingerprint density at radius 1 is 1.17 bits per heavy atom. The quantitative estimate of drug-likeness (QED) is 0.607. The number of rotatable bonds is 11. The molecule has 0 aliphatic rings. The van der Waals surface area contributed by atoms with Crippen LogP contribution in [0.3, 0.4) is 0 Å². The summed E-state index contributed by atoms with van der Waals surface area (Å²) in [7, 11) is 0. The number of halogens is 1. The zero-order valence-electron chi connectivity index (χ0n) is 14.8. The number of hydrogen-bond acceptors (Lipinski definition) is 4. The summed E-state index contributed by atoms with van der Waals surface area (Å²) >= 11 is 6.06. The molecule has 0 bridgehead atoms. The molecule has 0 fully saturated rings. The lowest BCUT2D eigenvalue weighted by Gasteiger charge is -2.30. The standard InChI is InChI=1S/C18H31ClN2O2/c1-14(2)21(15(3)4)10-9-20-11-17(22)13-23-12-16-7-5-6-8-18(16)19/h5-8,14-15,17,20,22H,9-13H2,1-4H3/t17-/m0/s1. The molecule has 0 unspecified atom stereocenters. The van der Waals surface area contributed by atoms with Gasteiger partial charge in [-0.05, 0) is 39.3 Å². The number of aliphatic hydroxyl groups is 1. The second kappa shape index (κ2) is 11.0. The predicted molar refractivity (Wildman–Crippen MR) is 97.0 cm³/mol. The van der Waals surface area contributed by atoms with E-state index < -0.39 is 6.10 Å². The minimum Gasteiger partial charge on any atom is -0.389 e. The minimum atomic E-state index is -0.510. The lowest BCUT2D eigenvalue weighted by Crippen LogP contribution is -2.42. The predicted octanol–water partition coefficient (Wildman–Crippen LogP) is 2.93. The largest absolute Gasteiger partial charge is 0.389 e. The molecule has 1 atom stereocenters. The molecule has 0 saturated carbocycles. The van der Waals surface area contributed by atoms with E-state index >= 15 is 0 Å². The van der Waals surface area contributed by atoms with Crippen molar-refractivity contribution in [3.63, 3.8) is 0 Å². The second-order valence-corrected chi connectivity index (χ2v) is 6.80. The van der Waals surface area contributed by atoms with Crippen molar-refractivity contribution in [3.8, 4) is 0 Å². The summed E-state index contributed by atoms with van der Waals surface area (Å²) < 4.78 is 5.53. The Hall–Kier alpha value is -0.650. The molecule has 5 heteroatoms. The van der Waals surface area contributed by atoms with Crippen molar-refractivity contribution in [2.24, 2.45) is 0 Å². The van der Waals surface area contributed by atoms with Gasteiger partial charge in [0.25, 0.3) is 0 Å². The highest BCUT2D eigenvalue weighted by atomic mass is 35.5. The molecule has 0 radical (unpaired) electrons. The second-order valence-electron chi connectivity index (χ2n) is 6.39. The maximum Gasteiger partial charge on any atom is 0.0897 e. The molecule has 0 aliphatic heterocycles. The van der Waals surface area contributed by atoms with Crippen molar-refractivity contribution in [2.75, 3.05) is 26.2 Å². The summed E-state index contributed by atoms with van der Waals surface area (Å²) in [6.07, 6.45) is -0.510. The van der Waals surface area contributed by atoms with Gasteiger partial charge in [0.05, 0.1) is 19.3 Å². The van der Waals surface area contributed by atoms with Crippen LogP contribution in [-0.2, 0) is 11.3 Å². The van der Waals surface area contributed by atoms with Gasteiger partial charge in [0.15, 0.2) is 0 Å². The monoisotopic (exact) mass is 342 g/mol. The van der Waals surface area contributed by atoms with Crippen LogP contribution in [-0.4, -0.2) is 54.4 Å². The van der Waals surface area contributed by atoms with Gasteiger partial charge >= 0.3 is 0 Å². The molecule has 2 N–H and O–H groups in total. The van der Waals surface area contributed by atoms with Gasteiger partial charge in [0.1, 0.15) is 0 Å². The summed E-state index contributed by atoms with van der Waals surface area (Å²) in [5.41, 5.74) is 0.943. The minimum absolute atomic E-state index is 0.302. The molecular formula is C18H31ClN2O2. The van der Waals surface area contributed by atoms with E-state index in [2.05, 4.69) is 37.9 Å². The topological polar surface area (TPSA) is 44.7 Å². The Morgan fingerprint density at radius 2 is 1.83 bits per heavy atom. The third-order valence-corrected chi connectivity index (χ3v) is 4.15. The van der Waals surface area contributed by atoms with Crippen LogP contribution in [0.25, 0.3) is 0 Å². The zero-order chi connectivity index (χ0) is 17.2. The van der Waals surface area contributed by atoms with Gasteiger partial charge in [0.2, 0.25) is 0 Å². The highest BCUT2D eigenvalue weighted by Crippen LogP contribution is 2.15. The Kier molecular flexibility index (Phi) is 9.75. The van der Waals surface area contributed by atoms with Crippen molar-refractivity contribution in [3.05, 3.63) is 34.9 Å². The first-order valence-corrected chi connectivity index (χ1v) is 8.75. The number of hydrogen-bond donors (Lipinski definition) is 2. The maximum atomic E-state index is 9.95. The fourth-order valence-corrected chi connectivity index (χ4v) is 2.76. The first-order valence-electron chi connectivity index (χ1n) is 8.37. The SMILES string of the molecule is CC(C)N(CCNC[C@H](O)COCc1ccccc1Cl)C(C)C. The number of nitrogens with one attached hydrogen (secondary N) is 1. The number of benzene rings is 1. The van der Waals surface area contributed by atoms with E-state index in [1.807, 2.05) is 24.3 Å². The van der Waals surface area contributed by atoms with Crippen LogP contribution in [0, 0.1) is 0 Å². The van der Waals surface area contributed by atoms with E-state index in [-0.39, 0.29) is 0 Å². The maximum absolute atomic E-state index is 9.95. The Balaban J connectivity index is 2.15. The van der Waals surface area contributed by atoms with Gasteiger partial charge in [-0.1, -0.05) is 29.8 Å². The molecule has 1 aromatic carbocycles. The first kappa shape index (κ1) is 20.4. The van der Waals surface area contributed by atoms with Crippen molar-refractivity contribution >= 4 is 11.6 Å². The van der Waals surface area contributed by atoms with Crippen molar-refractivity contribution < 1.29 is 9.84 Å². The third kappa shape index (κ3) is 8.13. The fraction of sp³-hybridized carbons (Fsp3) is 0.667. The van der Waals surface area contributed by atoms with Gasteiger partial charge < -0.3 is 15.2 Å². The molecule has 4 nitrogen and oxygen atoms in total. The summed E-state index contributed by atoms with van der Waals surface area (Å²) in [4.78, 5) is 2.42. The van der Waals surface area contributed by atoms with Crippen LogP contribution in [0.5, 0.6) is 0 Å². The van der Waals surface area contributed by atoms with E-state index in [0.717, 1.165) is 18.7 Å². The lowest BCUT2D eigenvalue weighted by atomic mass is 10.2. The van der Waals surface area contributed by atoms with Gasteiger partial charge in [0, 0.05) is 36.7 Å². The molecule has 132 valence electrons. The highest BCUT2D eigenvalue weighted by Gasteiger charge is 2.12. The molecule has 0 aliphatic carbocycles. The van der Waals surface area contributed by atoms with Crippen LogP contribution in [0.4, 0.5) is 0 Å². The van der Waals surface area contributed by atoms with Gasteiger partial charge in [-0.15, -0.1) is 0 Å². The van der Waals surface area contributed by atoms with Crippen molar-refractivity contribution in [1.82, 2.24) is 10.2 Å². The zero-order valence-corrected chi connectivity index (χ0v) is 15.5. The normalized spacial score (nSPS) is 13.3. The average Bonchev–Trinajstić information content (AvgIpc) is 2.48. The van der Waals surface area contributed by atoms with E-state index in [4.69, 9.17) is 16.3 Å². The van der Waals surface area contributed by atoms with Gasteiger partial charge in [-0.25, -0.2) is 0 Å². The van der Waals surface area contributed by atoms with Gasteiger partial charge in [-0.2, -0.15) is 0 Å². The van der Waals surface area contributed by atoms with E-state index in [1.54, 1.807) is 0 Å². The molecular weight excluding hydrogens is 312 g/mol. The molecule has 0 saturated heterocycles. The Labute approximate surface area is 145 Å². The van der Waals surface area contributed by atoms with Crippen molar-refractivity contribution in [1.29, 1.82) is 0 Å². The molecule has 1 rings (SSSR count). The summed E-state index contributed by atoms with van der Waals surface area (Å²) in [5, 5.41) is 13.9. The summed E-state index contributed by atoms with van der Waals surface area (Å²) in [6, 6.07) is 8.65. The highest BCUT2D eigenvalue weighted by molar-refractivity contribution is 6.31. The van der Waals surface area contributed by atoms with Crippen LogP contribution in [0.1, 0.15) is 33.3 Å². The smallest absolute Gasteiger partial charge is 0.0897 e. The van der Waals surface area contributed by atoms with E-state index in [9.17, 15) is 5.11 Å². The summed E-state index contributed by atoms with van der Waals surface area (Å²) in [6.45, 7) is 11.9. The Bertz CT molecular complexity index is 433. The fourth-order valence-electron chi connectivity index (χ4n) is 2.57. The number of nitrogens with zero attached hydrogens (tertiary/aromatic N) is 1. The molecule has 0 heterocycles. The van der Waals surface area contributed by atoms with Crippen LogP contribution in [0.15, 0.2) is 24.3 Å². The lowest BCUT2D eigenvalue weighted by molar-refractivity contribution is 0.0284. The first-order chi connectivity index (χ1) is 10.9. The molecule has 0 spiro atoms. The number of aliphatic hydroxyl groups excluding tert-OH is 1. The summed E-state index contributed by atoms with van der Waals surface area (Å²) in [5.74, 6) is 0.